The van der Waals surface area contributed by atoms with Crippen LogP contribution in [-0.4, -0.2) is 35.7 Å². The Morgan fingerprint density at radius 1 is 1.35 bits per heavy atom. The van der Waals surface area contributed by atoms with E-state index >= 15 is 0 Å². The van der Waals surface area contributed by atoms with E-state index in [0.717, 1.165) is 11.1 Å². The summed E-state index contributed by atoms with van der Waals surface area (Å²) in [7, 11) is 1.58. The second-order valence-electron chi connectivity index (χ2n) is 8.23. The smallest absolute Gasteiger partial charge is 0.347 e. The zero-order valence-electron chi connectivity index (χ0n) is 16.0. The quantitative estimate of drug-likeness (QED) is 0.470. The van der Waals surface area contributed by atoms with Crippen LogP contribution in [0.25, 0.3) is 0 Å². The molecule has 2 aliphatic rings. The van der Waals surface area contributed by atoms with E-state index in [-0.39, 0.29) is 12.2 Å². The topological polar surface area (TPSA) is 61.8 Å². The van der Waals surface area contributed by atoms with Crippen LogP contribution in [0.15, 0.2) is 36.4 Å². The highest BCUT2D eigenvalue weighted by Crippen LogP contribution is 2.57. The van der Waals surface area contributed by atoms with Gasteiger partial charge in [0, 0.05) is 6.42 Å². The van der Waals surface area contributed by atoms with Crippen molar-refractivity contribution in [3.8, 4) is 5.75 Å². The van der Waals surface area contributed by atoms with Gasteiger partial charge in [-0.3, -0.25) is 4.79 Å². The third-order valence-corrected chi connectivity index (χ3v) is 5.19. The predicted octanol–water partition coefficient (Wildman–Crippen LogP) is 3.57. The summed E-state index contributed by atoms with van der Waals surface area (Å²) in [6.45, 7) is 11.4. The van der Waals surface area contributed by atoms with E-state index in [1.165, 1.54) is 0 Å². The number of benzene rings is 1. The van der Waals surface area contributed by atoms with Crippen molar-refractivity contribution in [2.75, 3.05) is 7.11 Å². The number of carbonyl (C=O) groups excluding carboxylic acids is 2. The molecule has 0 saturated carbocycles. The molecule has 2 bridgehead atoms. The third-order valence-electron chi connectivity index (χ3n) is 5.19. The summed E-state index contributed by atoms with van der Waals surface area (Å²) >= 11 is 0. The summed E-state index contributed by atoms with van der Waals surface area (Å²) in [6.07, 6.45) is 0.769. The first kappa shape index (κ1) is 18.6. The molecule has 0 aromatic heterocycles. The minimum absolute atomic E-state index is 0.254. The van der Waals surface area contributed by atoms with Crippen LogP contribution in [0.3, 0.4) is 0 Å². The summed E-state index contributed by atoms with van der Waals surface area (Å²) in [6, 6.07) is 7.34. The second-order valence-corrected chi connectivity index (χ2v) is 8.23. The molecule has 140 valence electrons. The van der Waals surface area contributed by atoms with Gasteiger partial charge < -0.3 is 14.2 Å². The molecule has 0 unspecified atom stereocenters. The van der Waals surface area contributed by atoms with Crippen molar-refractivity contribution in [2.45, 2.75) is 63.3 Å². The van der Waals surface area contributed by atoms with Crippen molar-refractivity contribution in [1.82, 2.24) is 0 Å². The molecule has 1 aromatic carbocycles. The SMILES string of the molecule is C=C1[C@@H](c2cccc(OC)c2)[C@@]2(C(=O)OC(C)(C)C)O[C@]1(C)CCC2=O. The Labute approximate surface area is 154 Å². The van der Waals surface area contributed by atoms with E-state index in [1.54, 1.807) is 27.9 Å². The molecule has 0 aliphatic carbocycles. The minimum atomic E-state index is -1.69. The van der Waals surface area contributed by atoms with Gasteiger partial charge in [0.15, 0.2) is 5.78 Å². The first-order valence-electron chi connectivity index (χ1n) is 8.84. The number of Topliss-reactive ketones (excluding diaryl/α,β-unsaturated/α-hetero) is 1. The number of esters is 1. The monoisotopic (exact) mass is 358 g/mol. The molecule has 1 aromatic rings. The molecule has 5 heteroatoms. The molecule has 2 fully saturated rings. The van der Waals surface area contributed by atoms with Gasteiger partial charge in [-0.15, -0.1) is 0 Å². The molecular formula is C21H26O5. The number of hydrogen-bond acceptors (Lipinski definition) is 5. The predicted molar refractivity (Wildman–Crippen MR) is 97.2 cm³/mol. The first-order valence-corrected chi connectivity index (χ1v) is 8.84. The molecule has 0 amide bonds. The molecular weight excluding hydrogens is 332 g/mol. The van der Waals surface area contributed by atoms with Crippen LogP contribution >= 0.6 is 0 Å². The highest BCUT2D eigenvalue weighted by atomic mass is 16.6. The standard InChI is InChI=1S/C21H26O5/c1-13-17(14-8-7-9-15(12-14)24-6)21(18(23)25-19(2,3)4)16(22)10-11-20(13,5)26-21/h7-9,12,17H,1,10-11H2,2-6H3/t17-,20+,21-/m0/s1. The number of ketones is 1. The lowest BCUT2D eigenvalue weighted by Crippen LogP contribution is -2.56. The zero-order chi connectivity index (χ0) is 19.3. The van der Waals surface area contributed by atoms with Gasteiger partial charge in [0.1, 0.15) is 11.4 Å². The van der Waals surface area contributed by atoms with Crippen molar-refractivity contribution in [2.24, 2.45) is 0 Å². The molecule has 0 spiro atoms. The van der Waals surface area contributed by atoms with E-state index in [9.17, 15) is 9.59 Å². The number of hydrogen-bond donors (Lipinski definition) is 0. The maximum absolute atomic E-state index is 13.2. The van der Waals surface area contributed by atoms with Crippen molar-refractivity contribution in [3.05, 3.63) is 42.0 Å². The van der Waals surface area contributed by atoms with Crippen molar-refractivity contribution >= 4 is 11.8 Å². The molecule has 0 N–H and O–H groups in total. The van der Waals surface area contributed by atoms with E-state index < -0.39 is 28.7 Å². The Balaban J connectivity index is 2.17. The van der Waals surface area contributed by atoms with Crippen LogP contribution in [0, 0.1) is 0 Å². The number of rotatable bonds is 3. The molecule has 3 rings (SSSR count). The Morgan fingerprint density at radius 2 is 2.04 bits per heavy atom. The average molecular weight is 358 g/mol. The molecule has 5 nitrogen and oxygen atoms in total. The highest BCUT2D eigenvalue weighted by Gasteiger charge is 2.68. The second kappa shape index (κ2) is 5.95. The van der Waals surface area contributed by atoms with E-state index in [2.05, 4.69) is 6.58 Å². The maximum atomic E-state index is 13.2. The fraction of sp³-hybridized carbons (Fsp3) is 0.524. The van der Waals surface area contributed by atoms with Gasteiger partial charge in [-0.2, -0.15) is 0 Å². The van der Waals surface area contributed by atoms with Crippen molar-refractivity contribution in [3.63, 3.8) is 0 Å². The fourth-order valence-corrected chi connectivity index (χ4v) is 3.88. The molecule has 2 heterocycles. The third kappa shape index (κ3) is 2.75. The minimum Gasteiger partial charge on any atom is -0.497 e. The van der Waals surface area contributed by atoms with Crippen molar-refractivity contribution in [1.29, 1.82) is 0 Å². The maximum Gasteiger partial charge on any atom is 0.347 e. The van der Waals surface area contributed by atoms with Crippen LogP contribution in [0.1, 0.15) is 52.0 Å². The van der Waals surface area contributed by atoms with Gasteiger partial charge in [-0.05, 0) is 57.4 Å². The lowest BCUT2D eigenvalue weighted by molar-refractivity contribution is -0.198. The summed E-state index contributed by atoms with van der Waals surface area (Å²) in [4.78, 5) is 26.2. The summed E-state index contributed by atoms with van der Waals surface area (Å²) < 4.78 is 17.1. The van der Waals surface area contributed by atoms with Gasteiger partial charge in [-0.1, -0.05) is 18.7 Å². The van der Waals surface area contributed by atoms with Gasteiger partial charge >= 0.3 is 5.97 Å². The lowest BCUT2D eigenvalue weighted by atomic mass is 9.76. The summed E-state index contributed by atoms with van der Waals surface area (Å²) in [5.41, 5.74) is -1.67. The molecule has 2 aliphatic heterocycles. The van der Waals surface area contributed by atoms with Gasteiger partial charge in [0.05, 0.1) is 18.6 Å². The van der Waals surface area contributed by atoms with Crippen LogP contribution in [0.4, 0.5) is 0 Å². The van der Waals surface area contributed by atoms with Gasteiger partial charge in [-0.25, -0.2) is 4.79 Å². The number of ether oxygens (including phenoxy) is 3. The number of methoxy groups -OCH3 is 1. The van der Waals surface area contributed by atoms with Gasteiger partial charge in [0.2, 0.25) is 5.60 Å². The fourth-order valence-electron chi connectivity index (χ4n) is 3.88. The average Bonchev–Trinajstić information content (AvgIpc) is 2.76. The van der Waals surface area contributed by atoms with E-state index in [0.29, 0.717) is 12.2 Å². The lowest BCUT2D eigenvalue weighted by Gasteiger charge is -2.37. The Bertz CT molecular complexity index is 775. The Morgan fingerprint density at radius 3 is 2.65 bits per heavy atom. The van der Waals surface area contributed by atoms with Crippen molar-refractivity contribution < 1.29 is 23.8 Å². The van der Waals surface area contributed by atoms with Crippen LogP contribution < -0.4 is 4.74 Å². The van der Waals surface area contributed by atoms with Crippen LogP contribution in [0.5, 0.6) is 5.75 Å². The normalized spacial score (nSPS) is 31.0. The Kier molecular flexibility index (Phi) is 4.26. The molecule has 2 saturated heterocycles. The molecule has 0 radical (unpaired) electrons. The molecule has 3 atom stereocenters. The van der Waals surface area contributed by atoms with Crippen LogP contribution in [-0.2, 0) is 19.1 Å². The largest absolute Gasteiger partial charge is 0.497 e. The number of carbonyl (C=O) groups is 2. The first-order chi connectivity index (χ1) is 12.0. The summed E-state index contributed by atoms with van der Waals surface area (Å²) in [5, 5.41) is 0. The van der Waals surface area contributed by atoms with Crippen LogP contribution in [0.2, 0.25) is 0 Å². The highest BCUT2D eigenvalue weighted by molar-refractivity contribution is 6.10. The number of fused-ring (bicyclic) bond motifs is 2. The molecule has 26 heavy (non-hydrogen) atoms. The van der Waals surface area contributed by atoms with E-state index in [4.69, 9.17) is 14.2 Å². The van der Waals surface area contributed by atoms with Gasteiger partial charge in [0.25, 0.3) is 0 Å². The Hall–Kier alpha value is -2.14. The zero-order valence-corrected chi connectivity index (χ0v) is 16.0. The van der Waals surface area contributed by atoms with E-state index in [1.807, 2.05) is 31.2 Å². The summed E-state index contributed by atoms with van der Waals surface area (Å²) in [5.74, 6) is -0.857.